The zero-order valence-electron chi connectivity index (χ0n) is 20.1. The first-order chi connectivity index (χ1) is 16.8. The van der Waals surface area contributed by atoms with E-state index in [1.165, 1.54) is 0 Å². The highest BCUT2D eigenvalue weighted by Crippen LogP contribution is 2.54. The summed E-state index contributed by atoms with van der Waals surface area (Å²) in [4.78, 5) is 28.4. The first kappa shape index (κ1) is 30.9. The molecule has 2 aromatic rings. The minimum atomic E-state index is -5.19. The predicted molar refractivity (Wildman–Crippen MR) is 115 cm³/mol. The van der Waals surface area contributed by atoms with Gasteiger partial charge in [0, 0.05) is 19.5 Å². The molecule has 17 heteroatoms. The number of ether oxygens (including phenoxy) is 1. The van der Waals surface area contributed by atoms with Gasteiger partial charge in [-0.25, -0.2) is 9.67 Å². The maximum absolute atomic E-state index is 13.2. The fourth-order valence-corrected chi connectivity index (χ4v) is 4.60. The van der Waals surface area contributed by atoms with Crippen LogP contribution in [0.1, 0.15) is 37.9 Å². The number of carboxylic acids is 1. The molecule has 3 N–H and O–H groups in total. The quantitative estimate of drug-likeness (QED) is 0.308. The summed E-state index contributed by atoms with van der Waals surface area (Å²) in [6.45, 7) is 7.60. The zero-order valence-corrected chi connectivity index (χ0v) is 21.0. The van der Waals surface area contributed by atoms with E-state index in [9.17, 15) is 22.5 Å². The molecule has 0 saturated heterocycles. The van der Waals surface area contributed by atoms with Crippen LogP contribution in [0.4, 0.5) is 19.0 Å². The SMILES string of the molecule is CCOC(=O)C(Cc1cn(Cc2c[nH+]c(C)nc2N)nn1)P(=O)(OCC)OCC.O=C([O-])C(F)(F)F. The summed E-state index contributed by atoms with van der Waals surface area (Å²) in [6, 6.07) is 0. The number of hydrogen-bond acceptors (Lipinski definition) is 11. The zero-order chi connectivity index (χ0) is 27.5. The van der Waals surface area contributed by atoms with Crippen LogP contribution in [0.3, 0.4) is 0 Å². The Morgan fingerprint density at radius 3 is 2.28 bits per heavy atom. The van der Waals surface area contributed by atoms with Crippen LogP contribution in [-0.2, 0) is 40.9 Å². The molecule has 0 aliphatic heterocycles. The van der Waals surface area contributed by atoms with Gasteiger partial charge < -0.3 is 29.4 Å². The summed E-state index contributed by atoms with van der Waals surface area (Å²) < 4.78 is 62.1. The lowest BCUT2D eigenvalue weighted by Crippen LogP contribution is -2.37. The van der Waals surface area contributed by atoms with E-state index in [0.717, 1.165) is 5.56 Å². The molecule has 2 aromatic heterocycles. The van der Waals surface area contributed by atoms with Gasteiger partial charge in [0.15, 0.2) is 5.66 Å². The molecular formula is C19H28F3N6O7P. The van der Waals surface area contributed by atoms with Crippen molar-refractivity contribution in [1.82, 2.24) is 20.0 Å². The largest absolute Gasteiger partial charge is 0.542 e. The lowest BCUT2D eigenvalue weighted by atomic mass is 10.2. The second-order valence-corrected chi connectivity index (χ2v) is 9.16. The van der Waals surface area contributed by atoms with Crippen molar-refractivity contribution in [1.29, 1.82) is 0 Å². The first-order valence-electron chi connectivity index (χ1n) is 10.6. The Balaban J connectivity index is 0.000000809. The van der Waals surface area contributed by atoms with E-state index in [4.69, 9.17) is 29.4 Å². The highest BCUT2D eigenvalue weighted by molar-refractivity contribution is 7.55. The number of aliphatic carboxylic acids is 1. The molecule has 2 rings (SSSR count). The number of carboxylic acid groups (broad SMARTS) is 1. The van der Waals surface area contributed by atoms with E-state index in [0.29, 0.717) is 23.9 Å². The minimum Gasteiger partial charge on any atom is -0.542 e. The number of aromatic amines is 1. The van der Waals surface area contributed by atoms with Crippen LogP contribution in [0, 0.1) is 6.92 Å². The standard InChI is InChI=1S/C17H27N6O5P.C2HF3O2/c1-5-26-17(24)15(29(25,27-6-2)28-7-3)8-14-11-23(22-21-14)10-13-9-19-12(4)20-16(13)18;3-2(4,5)1(6)7/h9,11,15H,5-8,10H2,1-4H3,(H2,18,19,20);(H,6,7). The predicted octanol–water partition coefficient (Wildman–Crippen LogP) is 0.465. The molecule has 0 amide bonds. The van der Waals surface area contributed by atoms with E-state index in [-0.39, 0.29) is 26.2 Å². The number of hydrogen-bond donors (Lipinski definition) is 1. The summed E-state index contributed by atoms with van der Waals surface area (Å²) in [5, 5.41) is 16.9. The number of aromatic nitrogens is 5. The second kappa shape index (κ2) is 13.8. The highest BCUT2D eigenvalue weighted by Gasteiger charge is 2.43. The highest BCUT2D eigenvalue weighted by atomic mass is 31.2. The smallest absolute Gasteiger partial charge is 0.430 e. The van der Waals surface area contributed by atoms with Gasteiger partial charge in [0.1, 0.15) is 5.97 Å². The molecular weight excluding hydrogens is 512 g/mol. The number of halogens is 3. The van der Waals surface area contributed by atoms with Crippen molar-refractivity contribution in [3.05, 3.63) is 29.5 Å². The normalized spacial score (nSPS) is 12.4. The second-order valence-electron chi connectivity index (χ2n) is 6.94. The van der Waals surface area contributed by atoms with Crippen molar-refractivity contribution in [2.24, 2.45) is 0 Å². The van der Waals surface area contributed by atoms with E-state index in [2.05, 4.69) is 20.3 Å². The molecule has 13 nitrogen and oxygen atoms in total. The molecule has 2 heterocycles. The van der Waals surface area contributed by atoms with Crippen molar-refractivity contribution in [3.63, 3.8) is 0 Å². The number of nitrogens with zero attached hydrogens (tertiary/aromatic N) is 4. The summed E-state index contributed by atoms with van der Waals surface area (Å²) in [5.74, 6) is -2.58. The van der Waals surface area contributed by atoms with Gasteiger partial charge >= 0.3 is 19.7 Å². The lowest BCUT2D eigenvalue weighted by molar-refractivity contribution is -0.393. The number of H-pyrrole nitrogens is 1. The fraction of sp³-hybridized carbons (Fsp3) is 0.579. The molecule has 0 aliphatic rings. The monoisotopic (exact) mass is 540 g/mol. The molecule has 0 aromatic carbocycles. The van der Waals surface area contributed by atoms with Crippen LogP contribution < -0.4 is 15.8 Å². The summed E-state index contributed by atoms with van der Waals surface area (Å²) in [6.07, 6.45) is -1.80. The number of carbonyl (C=O) groups is 2. The van der Waals surface area contributed by atoms with E-state index in [1.807, 2.05) is 0 Å². The number of nitrogens with one attached hydrogen (secondary N) is 1. The Hall–Kier alpha value is -3.10. The fourth-order valence-electron chi connectivity index (χ4n) is 2.70. The van der Waals surface area contributed by atoms with Crippen LogP contribution in [0.15, 0.2) is 12.4 Å². The average molecular weight is 540 g/mol. The Kier molecular flexibility index (Phi) is 11.9. The molecule has 1 unspecified atom stereocenters. The number of esters is 1. The number of carbonyl (C=O) groups excluding carboxylic acids is 2. The van der Waals surface area contributed by atoms with Crippen LogP contribution in [0.2, 0.25) is 0 Å². The first-order valence-corrected chi connectivity index (χ1v) is 12.2. The van der Waals surface area contributed by atoms with Crippen molar-refractivity contribution in [3.8, 4) is 0 Å². The van der Waals surface area contributed by atoms with Crippen LogP contribution in [0.25, 0.3) is 0 Å². The maximum atomic E-state index is 13.2. The topological polar surface area (TPSA) is 186 Å². The molecule has 0 spiro atoms. The average Bonchev–Trinajstić information content (AvgIpc) is 3.21. The summed E-state index contributed by atoms with van der Waals surface area (Å²) >= 11 is 0. The van der Waals surface area contributed by atoms with Crippen LogP contribution >= 0.6 is 7.60 Å². The molecule has 0 bridgehead atoms. The van der Waals surface area contributed by atoms with Crippen molar-refractivity contribution in [2.75, 3.05) is 25.6 Å². The van der Waals surface area contributed by atoms with Gasteiger partial charge in [-0.15, -0.1) is 5.10 Å². The van der Waals surface area contributed by atoms with Gasteiger partial charge in [-0.1, -0.05) is 5.21 Å². The third-order valence-electron chi connectivity index (χ3n) is 4.18. The number of nitrogens with two attached hydrogens (primary N) is 1. The Morgan fingerprint density at radius 1 is 1.22 bits per heavy atom. The molecule has 36 heavy (non-hydrogen) atoms. The van der Waals surface area contributed by atoms with Gasteiger partial charge in [-0.2, -0.15) is 13.2 Å². The number of alkyl halides is 3. The van der Waals surface area contributed by atoms with Crippen molar-refractivity contribution < 1.29 is 51.2 Å². The van der Waals surface area contributed by atoms with Crippen molar-refractivity contribution >= 4 is 25.4 Å². The maximum Gasteiger partial charge on any atom is 0.430 e. The Morgan fingerprint density at radius 2 is 1.81 bits per heavy atom. The molecule has 0 radical (unpaired) electrons. The Labute approximate surface area is 204 Å². The number of nitrogen functional groups attached to an aromatic ring is 1. The van der Waals surface area contributed by atoms with E-state index < -0.39 is 31.4 Å². The van der Waals surface area contributed by atoms with Gasteiger partial charge in [0.05, 0.1) is 43.8 Å². The Bertz CT molecular complexity index is 1060. The van der Waals surface area contributed by atoms with Crippen LogP contribution in [-0.4, -0.2) is 63.6 Å². The van der Waals surface area contributed by atoms with Gasteiger partial charge in [-0.3, -0.25) is 9.36 Å². The van der Waals surface area contributed by atoms with Crippen LogP contribution in [0.5, 0.6) is 0 Å². The number of aryl methyl sites for hydroxylation is 1. The minimum absolute atomic E-state index is 0.00384. The van der Waals surface area contributed by atoms with Crippen molar-refractivity contribution in [2.45, 2.75) is 52.5 Å². The molecule has 1 atom stereocenters. The molecule has 0 fully saturated rings. The summed E-state index contributed by atoms with van der Waals surface area (Å²) in [5.41, 5.74) is 5.99. The van der Waals surface area contributed by atoms with E-state index in [1.54, 1.807) is 44.8 Å². The molecule has 0 saturated carbocycles. The third-order valence-corrected chi connectivity index (χ3v) is 6.58. The van der Waals surface area contributed by atoms with E-state index >= 15 is 0 Å². The molecule has 202 valence electrons. The lowest BCUT2D eigenvalue weighted by Gasteiger charge is -2.24. The summed E-state index contributed by atoms with van der Waals surface area (Å²) in [7, 11) is -3.74. The third kappa shape index (κ3) is 9.51. The van der Waals surface area contributed by atoms with Gasteiger partial charge in [0.2, 0.25) is 5.82 Å². The molecule has 0 aliphatic carbocycles. The number of rotatable bonds is 11. The van der Waals surface area contributed by atoms with Gasteiger partial charge in [-0.05, 0) is 25.8 Å². The number of anilines is 1. The van der Waals surface area contributed by atoms with Gasteiger partial charge in [0.25, 0.3) is 5.82 Å².